The van der Waals surface area contributed by atoms with Gasteiger partial charge in [0.15, 0.2) is 0 Å². The first-order chi connectivity index (χ1) is 4.35. The van der Waals surface area contributed by atoms with E-state index in [9.17, 15) is 0 Å². The molecule has 0 bridgehead atoms. The van der Waals surface area contributed by atoms with E-state index in [1.54, 1.807) is 0 Å². The van der Waals surface area contributed by atoms with Crippen molar-refractivity contribution >= 4 is 10.2 Å². The van der Waals surface area contributed by atoms with Crippen LogP contribution < -0.4 is 0 Å². The molecule has 0 saturated heterocycles. The van der Waals surface area contributed by atoms with Crippen LogP contribution in [0, 0.1) is 0 Å². The van der Waals surface area contributed by atoms with Gasteiger partial charge < -0.3 is 4.74 Å². The Balaban J connectivity index is 3.31. The predicted molar refractivity (Wildman–Crippen MR) is 44.5 cm³/mol. The van der Waals surface area contributed by atoms with Gasteiger partial charge in [0.2, 0.25) is 0 Å². The van der Waals surface area contributed by atoms with E-state index in [1.807, 2.05) is 6.26 Å². The van der Waals surface area contributed by atoms with Crippen LogP contribution in [0.25, 0.3) is 0 Å². The largest absolute Gasteiger partial charge is 0.499 e. The molecule has 2 heteroatoms. The first kappa shape index (κ1) is 8.76. The summed E-state index contributed by atoms with van der Waals surface area (Å²) >= 11 is 0. The molecule has 1 nitrogen and oxygen atoms in total. The normalized spacial score (nSPS) is 11.4. The Kier molecular flexibility index (Phi) is 5.73. The first-order valence-electron chi connectivity index (χ1n) is 3.61. The van der Waals surface area contributed by atoms with Crippen molar-refractivity contribution < 1.29 is 4.74 Å². The summed E-state index contributed by atoms with van der Waals surface area (Å²) in [6, 6.07) is 0. The summed E-state index contributed by atoms with van der Waals surface area (Å²) in [5, 5.41) is 0. The molecular formula is C7H16OSi. The van der Waals surface area contributed by atoms with Gasteiger partial charge in [0, 0.05) is 10.2 Å². The van der Waals surface area contributed by atoms with E-state index in [1.165, 1.54) is 0 Å². The summed E-state index contributed by atoms with van der Waals surface area (Å²) in [5.74, 6) is 0. The topological polar surface area (TPSA) is 9.23 Å². The second-order valence-corrected chi connectivity index (χ2v) is 2.71. The van der Waals surface area contributed by atoms with Crippen molar-refractivity contribution in [3.05, 3.63) is 12.0 Å². The fraction of sp³-hybridized carbons (Fsp3) is 0.714. The highest BCUT2D eigenvalue weighted by Gasteiger charge is 1.98. The molecule has 0 rings (SSSR count). The quantitative estimate of drug-likeness (QED) is 0.423. The van der Waals surface area contributed by atoms with Gasteiger partial charge in [-0.15, -0.1) is 0 Å². The molecule has 0 heterocycles. The zero-order valence-corrected chi connectivity index (χ0v) is 8.55. The van der Waals surface area contributed by atoms with E-state index in [0.29, 0.717) is 6.10 Å². The van der Waals surface area contributed by atoms with Gasteiger partial charge in [-0.1, -0.05) is 19.5 Å². The van der Waals surface area contributed by atoms with Gasteiger partial charge in [-0.05, 0) is 12.8 Å². The van der Waals surface area contributed by atoms with E-state index in [2.05, 4.69) is 19.5 Å². The number of hydrogen-bond donors (Lipinski definition) is 0. The monoisotopic (exact) mass is 144 g/mol. The molecule has 0 radical (unpaired) electrons. The van der Waals surface area contributed by atoms with Crippen LogP contribution in [0.4, 0.5) is 0 Å². The highest BCUT2D eigenvalue weighted by atomic mass is 28.1. The minimum absolute atomic E-state index is 0.440. The Morgan fingerprint density at radius 2 is 2.00 bits per heavy atom. The molecule has 0 atom stereocenters. The van der Waals surface area contributed by atoms with Gasteiger partial charge in [0.1, 0.15) is 0 Å². The SMILES string of the molecule is CCC(CC)OC=C[SiH3]. The highest BCUT2D eigenvalue weighted by molar-refractivity contribution is 6.16. The van der Waals surface area contributed by atoms with Crippen molar-refractivity contribution in [1.82, 2.24) is 0 Å². The molecule has 0 amide bonds. The number of rotatable bonds is 4. The molecular weight excluding hydrogens is 128 g/mol. The van der Waals surface area contributed by atoms with Gasteiger partial charge in [0.05, 0.1) is 12.4 Å². The van der Waals surface area contributed by atoms with Crippen LogP contribution >= 0.6 is 0 Å². The summed E-state index contributed by atoms with van der Waals surface area (Å²) in [5.41, 5.74) is 2.05. The molecule has 9 heavy (non-hydrogen) atoms. The van der Waals surface area contributed by atoms with Gasteiger partial charge in [-0.2, -0.15) is 0 Å². The van der Waals surface area contributed by atoms with Crippen LogP contribution in [0.5, 0.6) is 0 Å². The summed E-state index contributed by atoms with van der Waals surface area (Å²) in [4.78, 5) is 0. The maximum absolute atomic E-state index is 5.34. The van der Waals surface area contributed by atoms with Gasteiger partial charge in [-0.3, -0.25) is 0 Å². The minimum Gasteiger partial charge on any atom is -0.499 e. The molecule has 0 saturated carbocycles. The lowest BCUT2D eigenvalue weighted by Crippen LogP contribution is -2.05. The maximum atomic E-state index is 5.34. The second-order valence-electron chi connectivity index (χ2n) is 2.04. The summed E-state index contributed by atoms with van der Waals surface area (Å²) < 4.78 is 5.34. The minimum atomic E-state index is 0.440. The van der Waals surface area contributed by atoms with Crippen LogP contribution in [0.3, 0.4) is 0 Å². The number of ether oxygens (including phenoxy) is 1. The zero-order valence-electron chi connectivity index (χ0n) is 6.55. The van der Waals surface area contributed by atoms with Crippen LogP contribution in [0.15, 0.2) is 12.0 Å². The molecule has 0 aromatic rings. The van der Waals surface area contributed by atoms with E-state index in [-0.39, 0.29) is 0 Å². The zero-order chi connectivity index (χ0) is 7.11. The van der Waals surface area contributed by atoms with Crippen LogP contribution in [0.1, 0.15) is 26.7 Å². The lowest BCUT2D eigenvalue weighted by Gasteiger charge is -2.10. The summed E-state index contributed by atoms with van der Waals surface area (Å²) in [7, 11) is 1.09. The smallest absolute Gasteiger partial charge is 0.0972 e. The maximum Gasteiger partial charge on any atom is 0.0972 e. The van der Waals surface area contributed by atoms with Crippen molar-refractivity contribution in [2.45, 2.75) is 32.8 Å². The van der Waals surface area contributed by atoms with Crippen molar-refractivity contribution in [1.29, 1.82) is 0 Å². The molecule has 0 unspecified atom stereocenters. The molecule has 0 aliphatic heterocycles. The average Bonchev–Trinajstić information content (AvgIpc) is 1.91. The molecule has 0 aromatic carbocycles. The third-order valence-electron chi connectivity index (χ3n) is 1.32. The van der Waals surface area contributed by atoms with Crippen molar-refractivity contribution in [2.75, 3.05) is 0 Å². The molecule has 54 valence electrons. The summed E-state index contributed by atoms with van der Waals surface area (Å²) in [6.45, 7) is 4.30. The number of hydrogen-bond acceptors (Lipinski definition) is 1. The predicted octanol–water partition coefficient (Wildman–Crippen LogP) is 1.03. The Morgan fingerprint density at radius 3 is 2.33 bits per heavy atom. The van der Waals surface area contributed by atoms with Gasteiger partial charge in [-0.25, -0.2) is 0 Å². The first-order valence-corrected chi connectivity index (χ1v) is 4.77. The van der Waals surface area contributed by atoms with Gasteiger partial charge in [0.25, 0.3) is 0 Å². The Morgan fingerprint density at radius 1 is 1.44 bits per heavy atom. The molecule has 0 N–H and O–H groups in total. The van der Waals surface area contributed by atoms with Crippen molar-refractivity contribution in [3.63, 3.8) is 0 Å². The average molecular weight is 144 g/mol. The highest BCUT2D eigenvalue weighted by Crippen LogP contribution is 2.01. The second kappa shape index (κ2) is 5.89. The summed E-state index contributed by atoms with van der Waals surface area (Å²) in [6.07, 6.45) is 4.49. The van der Waals surface area contributed by atoms with Gasteiger partial charge >= 0.3 is 0 Å². The van der Waals surface area contributed by atoms with Crippen molar-refractivity contribution in [3.8, 4) is 0 Å². The fourth-order valence-corrected chi connectivity index (χ4v) is 0.828. The van der Waals surface area contributed by atoms with Crippen molar-refractivity contribution in [2.24, 2.45) is 0 Å². The lowest BCUT2D eigenvalue weighted by molar-refractivity contribution is 0.137. The molecule has 0 fully saturated rings. The van der Waals surface area contributed by atoms with E-state index in [4.69, 9.17) is 4.74 Å². The Labute approximate surface area is 60.5 Å². The van der Waals surface area contributed by atoms with E-state index >= 15 is 0 Å². The third kappa shape index (κ3) is 4.27. The standard InChI is InChI=1S/C7H16OSi/c1-3-7(4-2)8-5-6-9/h5-7H,3-4H2,1-2,9H3. The molecule has 0 spiro atoms. The Bertz CT molecular complexity index is 77.0. The molecule has 0 aliphatic rings. The van der Waals surface area contributed by atoms with Crippen LogP contribution in [0.2, 0.25) is 0 Å². The fourth-order valence-electron chi connectivity index (χ4n) is 0.671. The van der Waals surface area contributed by atoms with E-state index in [0.717, 1.165) is 23.1 Å². The van der Waals surface area contributed by atoms with E-state index < -0.39 is 0 Å². The van der Waals surface area contributed by atoms with Crippen LogP contribution in [-0.4, -0.2) is 16.3 Å². The third-order valence-corrected chi connectivity index (χ3v) is 1.59. The van der Waals surface area contributed by atoms with Crippen LogP contribution in [-0.2, 0) is 4.74 Å². The lowest BCUT2D eigenvalue weighted by atomic mass is 10.2. The Hall–Kier alpha value is -0.243. The molecule has 0 aliphatic carbocycles. The molecule has 0 aromatic heterocycles.